The molecule has 0 aliphatic carbocycles. The van der Waals surface area contributed by atoms with E-state index >= 15 is 0 Å². The van der Waals surface area contributed by atoms with Gasteiger partial charge in [-0.1, -0.05) is 0 Å². The van der Waals surface area contributed by atoms with Gasteiger partial charge in [-0.25, -0.2) is 4.98 Å². The Morgan fingerprint density at radius 1 is 0.850 bits per heavy atom. The van der Waals surface area contributed by atoms with Gasteiger partial charge in [0.15, 0.2) is 0 Å². The largest absolute Gasteiger partial charge is 0.383 e. The van der Waals surface area contributed by atoms with Crippen molar-refractivity contribution in [3.8, 4) is 0 Å². The summed E-state index contributed by atoms with van der Waals surface area (Å²) in [5.41, 5.74) is 13.8. The highest BCUT2D eigenvalue weighted by molar-refractivity contribution is 5.46. The second kappa shape index (κ2) is 8.01. The Morgan fingerprint density at radius 2 is 1.40 bits per heavy atom. The molecule has 0 atom stereocenters. The highest BCUT2D eigenvalue weighted by Gasteiger charge is 2.11. The van der Waals surface area contributed by atoms with Crippen LogP contribution in [0.1, 0.15) is 24.1 Å². The average molecular weight is 280 g/mol. The van der Waals surface area contributed by atoms with Crippen LogP contribution in [0.5, 0.6) is 0 Å². The van der Waals surface area contributed by atoms with Crippen molar-refractivity contribution in [1.29, 1.82) is 0 Å². The second-order valence-electron chi connectivity index (χ2n) is 5.71. The highest BCUT2D eigenvalue weighted by atomic mass is 15.1. The minimum atomic E-state index is 0.277. The van der Waals surface area contributed by atoms with Gasteiger partial charge in [0.05, 0.1) is 5.69 Å². The van der Waals surface area contributed by atoms with Crippen molar-refractivity contribution in [1.82, 2.24) is 19.8 Å². The van der Waals surface area contributed by atoms with Crippen molar-refractivity contribution >= 4 is 11.8 Å². The van der Waals surface area contributed by atoms with Crippen molar-refractivity contribution in [2.75, 3.05) is 52.7 Å². The van der Waals surface area contributed by atoms with Gasteiger partial charge in [-0.2, -0.15) is 4.98 Å². The molecule has 0 aliphatic rings. The summed E-state index contributed by atoms with van der Waals surface area (Å²) in [6, 6.07) is 0. The van der Waals surface area contributed by atoms with E-state index in [-0.39, 0.29) is 5.95 Å². The lowest BCUT2D eigenvalue weighted by molar-refractivity contribution is 0.396. The lowest BCUT2D eigenvalue weighted by atomic mass is 10.0. The van der Waals surface area contributed by atoms with Crippen LogP contribution in [-0.4, -0.2) is 61.0 Å². The fraction of sp³-hybridized carbons (Fsp3) is 0.714. The lowest BCUT2D eigenvalue weighted by Crippen LogP contribution is -2.17. The molecule has 1 aromatic heterocycles. The van der Waals surface area contributed by atoms with Crippen molar-refractivity contribution in [2.45, 2.75) is 25.7 Å². The molecule has 4 N–H and O–H groups in total. The maximum absolute atomic E-state index is 6.02. The first-order valence-corrected chi connectivity index (χ1v) is 7.10. The number of nitrogen functional groups attached to an aromatic ring is 2. The fourth-order valence-corrected chi connectivity index (χ4v) is 2.18. The first-order chi connectivity index (χ1) is 9.40. The number of nitrogens with zero attached hydrogens (tertiary/aromatic N) is 4. The Hall–Kier alpha value is -1.40. The lowest BCUT2D eigenvalue weighted by Gasteiger charge is -2.14. The van der Waals surface area contributed by atoms with Crippen LogP contribution in [0.3, 0.4) is 0 Å². The monoisotopic (exact) mass is 280 g/mol. The molecule has 0 fully saturated rings. The fourth-order valence-electron chi connectivity index (χ4n) is 2.18. The van der Waals surface area contributed by atoms with Gasteiger partial charge in [0.2, 0.25) is 5.95 Å². The summed E-state index contributed by atoms with van der Waals surface area (Å²) in [5.74, 6) is 0.815. The van der Waals surface area contributed by atoms with Crippen molar-refractivity contribution in [2.24, 2.45) is 0 Å². The minimum Gasteiger partial charge on any atom is -0.383 e. The molecule has 0 spiro atoms. The SMILES string of the molecule is CN(C)CCCc1nc(N)nc(N)c1CCCN(C)C. The Labute approximate surface area is 122 Å². The van der Waals surface area contributed by atoms with Gasteiger partial charge < -0.3 is 21.3 Å². The number of hydrogen-bond donors (Lipinski definition) is 2. The molecular formula is C14H28N6. The Balaban J connectivity index is 2.73. The number of aryl methyl sites for hydroxylation is 1. The molecule has 0 bridgehead atoms. The molecule has 0 radical (unpaired) electrons. The number of anilines is 2. The third-order valence-corrected chi connectivity index (χ3v) is 3.19. The van der Waals surface area contributed by atoms with Gasteiger partial charge in [0.25, 0.3) is 0 Å². The second-order valence-corrected chi connectivity index (χ2v) is 5.71. The maximum atomic E-state index is 6.02. The number of rotatable bonds is 8. The highest BCUT2D eigenvalue weighted by Crippen LogP contribution is 2.18. The average Bonchev–Trinajstić information content (AvgIpc) is 2.31. The first-order valence-electron chi connectivity index (χ1n) is 7.10. The van der Waals surface area contributed by atoms with E-state index in [9.17, 15) is 0 Å². The summed E-state index contributed by atoms with van der Waals surface area (Å²) in [4.78, 5) is 12.8. The van der Waals surface area contributed by atoms with E-state index < -0.39 is 0 Å². The molecule has 6 heteroatoms. The third-order valence-electron chi connectivity index (χ3n) is 3.19. The molecule has 0 saturated heterocycles. The molecule has 0 aromatic carbocycles. The van der Waals surface area contributed by atoms with Crippen LogP contribution in [0.15, 0.2) is 0 Å². The zero-order chi connectivity index (χ0) is 15.1. The van der Waals surface area contributed by atoms with Gasteiger partial charge in [0.1, 0.15) is 5.82 Å². The van der Waals surface area contributed by atoms with Crippen molar-refractivity contribution in [3.63, 3.8) is 0 Å². The Morgan fingerprint density at radius 3 is 1.95 bits per heavy atom. The molecule has 6 nitrogen and oxygen atoms in total. The van der Waals surface area contributed by atoms with Crippen LogP contribution >= 0.6 is 0 Å². The first kappa shape index (κ1) is 16.7. The van der Waals surface area contributed by atoms with Crippen LogP contribution < -0.4 is 11.5 Å². The Bertz CT molecular complexity index is 416. The van der Waals surface area contributed by atoms with Crippen LogP contribution in [-0.2, 0) is 12.8 Å². The molecule has 0 aliphatic heterocycles. The summed E-state index contributed by atoms with van der Waals surface area (Å²) in [6.45, 7) is 2.06. The molecule has 1 heterocycles. The van der Waals surface area contributed by atoms with Gasteiger partial charge in [-0.05, 0) is 67.0 Å². The molecular weight excluding hydrogens is 252 g/mol. The van der Waals surface area contributed by atoms with E-state index in [0.717, 1.165) is 50.0 Å². The van der Waals surface area contributed by atoms with E-state index in [1.54, 1.807) is 0 Å². The number of hydrogen-bond acceptors (Lipinski definition) is 6. The van der Waals surface area contributed by atoms with E-state index in [4.69, 9.17) is 11.5 Å². The summed E-state index contributed by atoms with van der Waals surface area (Å²) in [5, 5.41) is 0. The predicted octanol–water partition coefficient (Wildman–Crippen LogP) is 0.629. The van der Waals surface area contributed by atoms with Crippen LogP contribution in [0.2, 0.25) is 0 Å². The molecule has 0 unspecified atom stereocenters. The summed E-state index contributed by atoms with van der Waals surface area (Å²) < 4.78 is 0. The summed E-state index contributed by atoms with van der Waals surface area (Å²) in [6.07, 6.45) is 3.89. The minimum absolute atomic E-state index is 0.277. The van der Waals surface area contributed by atoms with E-state index in [1.807, 2.05) is 0 Å². The van der Waals surface area contributed by atoms with Gasteiger partial charge >= 0.3 is 0 Å². The van der Waals surface area contributed by atoms with Crippen LogP contribution in [0.4, 0.5) is 11.8 Å². The maximum Gasteiger partial charge on any atom is 0.222 e. The topological polar surface area (TPSA) is 84.3 Å². The summed E-state index contributed by atoms with van der Waals surface area (Å²) >= 11 is 0. The van der Waals surface area contributed by atoms with E-state index in [0.29, 0.717) is 5.82 Å². The van der Waals surface area contributed by atoms with Gasteiger partial charge in [-0.15, -0.1) is 0 Å². The molecule has 0 saturated carbocycles. The third kappa shape index (κ3) is 5.71. The van der Waals surface area contributed by atoms with Crippen molar-refractivity contribution in [3.05, 3.63) is 11.3 Å². The molecule has 0 amide bonds. The molecule has 1 aromatic rings. The smallest absolute Gasteiger partial charge is 0.222 e. The molecule has 114 valence electrons. The Kier molecular flexibility index (Phi) is 6.67. The summed E-state index contributed by atoms with van der Waals surface area (Å²) in [7, 11) is 8.28. The van der Waals surface area contributed by atoms with Crippen molar-refractivity contribution < 1.29 is 0 Å². The van der Waals surface area contributed by atoms with Gasteiger partial charge in [0, 0.05) is 5.56 Å². The molecule has 1 rings (SSSR count). The molecule has 20 heavy (non-hydrogen) atoms. The van der Waals surface area contributed by atoms with E-state index in [1.165, 1.54) is 0 Å². The quantitative estimate of drug-likeness (QED) is 0.726. The van der Waals surface area contributed by atoms with E-state index in [2.05, 4.69) is 48.0 Å². The normalized spacial score (nSPS) is 11.5. The zero-order valence-corrected chi connectivity index (χ0v) is 13.2. The number of aromatic nitrogens is 2. The standard InChI is InChI=1S/C14H28N6/c1-19(2)9-5-7-11-12(8-6-10-20(3)4)17-14(16)18-13(11)15/h5-10H2,1-4H3,(H4,15,16,17,18). The zero-order valence-electron chi connectivity index (χ0n) is 13.2. The van der Waals surface area contributed by atoms with Crippen LogP contribution in [0.25, 0.3) is 0 Å². The number of nitrogens with two attached hydrogens (primary N) is 2. The van der Waals surface area contributed by atoms with Gasteiger partial charge in [-0.3, -0.25) is 0 Å². The predicted molar refractivity (Wildman–Crippen MR) is 84.6 cm³/mol. The van der Waals surface area contributed by atoms with Crippen LogP contribution in [0, 0.1) is 0 Å².